The van der Waals surface area contributed by atoms with Gasteiger partial charge in [-0.25, -0.2) is 19.3 Å². The van der Waals surface area contributed by atoms with E-state index < -0.39 is 11.0 Å². The minimum Gasteiger partial charge on any atom is -0.493 e. The maximum absolute atomic E-state index is 12.7. The Morgan fingerprint density at radius 3 is 2.55 bits per heavy atom. The van der Waals surface area contributed by atoms with Crippen LogP contribution in [0, 0.1) is 10.1 Å². The first-order valence-corrected chi connectivity index (χ1v) is 8.90. The lowest BCUT2D eigenvalue weighted by Gasteiger charge is -2.31. The molecular weight excluding hydrogens is 380 g/mol. The maximum Gasteiger partial charge on any atom is 0.416 e. The Morgan fingerprint density at radius 2 is 1.86 bits per heavy atom. The van der Waals surface area contributed by atoms with Gasteiger partial charge < -0.3 is 19.6 Å². The van der Waals surface area contributed by atoms with Crippen LogP contribution >= 0.6 is 0 Å². The Balaban J connectivity index is 1.78. The molecule has 0 radical (unpaired) electrons. The van der Waals surface area contributed by atoms with E-state index in [4.69, 9.17) is 4.74 Å². The molecule has 0 saturated carbocycles. The number of benzene rings is 1. The fraction of sp³-hybridized carbons (Fsp3) is 0.278. The molecule has 3 aromatic rings. The summed E-state index contributed by atoms with van der Waals surface area (Å²) in [4.78, 5) is 35.3. The predicted molar refractivity (Wildman–Crippen MR) is 102 cm³/mol. The smallest absolute Gasteiger partial charge is 0.416 e. The number of carbonyl (C=O) groups is 1. The highest BCUT2D eigenvalue weighted by Gasteiger charge is 2.27. The van der Waals surface area contributed by atoms with E-state index in [2.05, 4.69) is 14.9 Å². The third-order valence-electron chi connectivity index (χ3n) is 4.77. The van der Waals surface area contributed by atoms with Crippen molar-refractivity contribution in [1.82, 2.24) is 24.3 Å². The molecule has 3 heterocycles. The van der Waals surface area contributed by atoms with Gasteiger partial charge in [0.1, 0.15) is 0 Å². The summed E-state index contributed by atoms with van der Waals surface area (Å²) in [6.07, 6.45) is 2.22. The van der Waals surface area contributed by atoms with Gasteiger partial charge in [-0.05, 0) is 13.1 Å². The van der Waals surface area contributed by atoms with Gasteiger partial charge in [-0.1, -0.05) is 6.07 Å². The van der Waals surface area contributed by atoms with Gasteiger partial charge in [0.2, 0.25) is 11.8 Å². The van der Waals surface area contributed by atoms with Gasteiger partial charge in [0, 0.05) is 50.7 Å². The molecule has 11 heteroatoms. The molecule has 1 fully saturated rings. The molecule has 1 aliphatic rings. The van der Waals surface area contributed by atoms with E-state index in [1.807, 2.05) is 7.05 Å². The van der Waals surface area contributed by atoms with E-state index in [9.17, 15) is 20.0 Å². The SMILES string of the molecule is CN1CCN(C(=O)Oc2c3nccnc3c(O)n2-c2cccc([N+](=O)[O-])c2)CC1. The molecule has 0 bridgehead atoms. The van der Waals surface area contributed by atoms with Gasteiger partial charge in [-0.3, -0.25) is 10.1 Å². The van der Waals surface area contributed by atoms with Gasteiger partial charge in [-0.2, -0.15) is 0 Å². The van der Waals surface area contributed by atoms with Crippen LogP contribution in [0.15, 0.2) is 36.7 Å². The molecule has 1 aromatic carbocycles. The molecule has 0 atom stereocenters. The Hall–Kier alpha value is -3.73. The number of aromatic hydroxyl groups is 1. The Kier molecular flexibility index (Phi) is 4.72. The van der Waals surface area contributed by atoms with Crippen LogP contribution in [0.25, 0.3) is 16.7 Å². The molecule has 29 heavy (non-hydrogen) atoms. The average Bonchev–Trinajstić information content (AvgIpc) is 3.00. The largest absolute Gasteiger partial charge is 0.493 e. The number of nitro groups is 1. The van der Waals surface area contributed by atoms with Crippen LogP contribution in [-0.2, 0) is 0 Å². The van der Waals surface area contributed by atoms with Crippen LogP contribution in [0.3, 0.4) is 0 Å². The van der Waals surface area contributed by atoms with Crippen LogP contribution < -0.4 is 4.74 Å². The van der Waals surface area contributed by atoms with Gasteiger partial charge >= 0.3 is 6.09 Å². The Bertz CT molecular complexity index is 1090. The van der Waals surface area contributed by atoms with Crippen molar-refractivity contribution in [2.24, 2.45) is 0 Å². The van der Waals surface area contributed by atoms with Gasteiger partial charge in [0.05, 0.1) is 10.6 Å². The number of non-ortho nitro benzene ring substituents is 1. The van der Waals surface area contributed by atoms with Crippen molar-refractivity contribution in [3.63, 3.8) is 0 Å². The van der Waals surface area contributed by atoms with Crippen LogP contribution in [0.2, 0.25) is 0 Å². The molecule has 1 saturated heterocycles. The quantitative estimate of drug-likeness (QED) is 0.522. The number of nitrogens with zero attached hydrogens (tertiary/aromatic N) is 6. The van der Waals surface area contributed by atoms with E-state index in [0.29, 0.717) is 26.2 Å². The number of aromatic nitrogens is 3. The Morgan fingerprint density at radius 1 is 1.17 bits per heavy atom. The monoisotopic (exact) mass is 398 g/mol. The molecule has 1 N–H and O–H groups in total. The standard InChI is InChI=1S/C18H18N6O5/c1-21-7-9-22(10-8-21)18(26)29-17-15-14(19-5-6-20-15)16(25)23(17)12-3-2-4-13(11-12)24(27)28/h2-6,11,25H,7-10H2,1H3. The summed E-state index contributed by atoms with van der Waals surface area (Å²) < 4.78 is 6.81. The second-order valence-corrected chi connectivity index (χ2v) is 6.65. The van der Waals surface area contributed by atoms with Gasteiger partial charge in [-0.15, -0.1) is 0 Å². The Labute approximate surface area is 164 Å². The first-order chi connectivity index (χ1) is 14.0. The van der Waals surface area contributed by atoms with Crippen molar-refractivity contribution in [2.45, 2.75) is 0 Å². The molecule has 1 amide bonds. The van der Waals surface area contributed by atoms with Crippen LogP contribution in [-0.4, -0.2) is 73.7 Å². The van der Waals surface area contributed by atoms with Crippen molar-refractivity contribution in [2.75, 3.05) is 33.2 Å². The molecule has 0 spiro atoms. The topological polar surface area (TPSA) is 127 Å². The van der Waals surface area contributed by atoms with Crippen LogP contribution in [0.4, 0.5) is 10.5 Å². The second kappa shape index (κ2) is 7.36. The summed E-state index contributed by atoms with van der Waals surface area (Å²) in [5.41, 5.74) is 0.383. The highest BCUT2D eigenvalue weighted by molar-refractivity contribution is 5.89. The number of hydrogen-bond acceptors (Lipinski definition) is 8. The summed E-state index contributed by atoms with van der Waals surface area (Å²) in [7, 11) is 1.97. The molecule has 11 nitrogen and oxygen atoms in total. The van der Waals surface area contributed by atoms with Gasteiger partial charge in [0.25, 0.3) is 5.69 Å². The third kappa shape index (κ3) is 3.43. The van der Waals surface area contributed by atoms with Crippen LogP contribution in [0.1, 0.15) is 0 Å². The van der Waals surface area contributed by atoms with E-state index >= 15 is 0 Å². The molecule has 1 aliphatic heterocycles. The van der Waals surface area contributed by atoms with Gasteiger partial charge in [0.15, 0.2) is 11.0 Å². The number of carbonyl (C=O) groups excluding carboxylic acids is 1. The van der Waals surface area contributed by atoms with Crippen molar-refractivity contribution >= 4 is 22.8 Å². The zero-order valence-electron chi connectivity index (χ0n) is 15.6. The minimum absolute atomic E-state index is 0.0463. The molecule has 0 aliphatic carbocycles. The number of fused-ring (bicyclic) bond motifs is 1. The van der Waals surface area contributed by atoms with Crippen molar-refractivity contribution in [3.05, 3.63) is 46.8 Å². The number of amides is 1. The molecular formula is C18H18N6O5. The maximum atomic E-state index is 12.7. The number of hydrogen-bond donors (Lipinski definition) is 1. The lowest BCUT2D eigenvalue weighted by atomic mass is 10.3. The molecule has 0 unspecified atom stereocenters. The lowest BCUT2D eigenvalue weighted by molar-refractivity contribution is -0.384. The van der Waals surface area contributed by atoms with E-state index in [1.54, 1.807) is 11.0 Å². The van der Waals surface area contributed by atoms with Crippen LogP contribution in [0.5, 0.6) is 11.8 Å². The molecule has 150 valence electrons. The fourth-order valence-corrected chi connectivity index (χ4v) is 3.18. The summed E-state index contributed by atoms with van der Waals surface area (Å²) >= 11 is 0. The number of rotatable bonds is 3. The van der Waals surface area contributed by atoms with Crippen molar-refractivity contribution < 1.29 is 19.6 Å². The number of nitro benzene ring substituents is 1. The zero-order valence-corrected chi connectivity index (χ0v) is 15.6. The summed E-state index contributed by atoms with van der Waals surface area (Å²) in [5, 5.41) is 21.8. The van der Waals surface area contributed by atoms with Crippen molar-refractivity contribution in [3.8, 4) is 17.4 Å². The summed E-state index contributed by atoms with van der Waals surface area (Å²) in [6, 6.07) is 5.63. The zero-order chi connectivity index (χ0) is 20.5. The van der Waals surface area contributed by atoms with E-state index in [1.165, 1.54) is 35.2 Å². The highest BCUT2D eigenvalue weighted by Crippen LogP contribution is 2.38. The molecule has 2 aromatic heterocycles. The second-order valence-electron chi connectivity index (χ2n) is 6.65. The first kappa shape index (κ1) is 18.6. The number of piperazine rings is 1. The first-order valence-electron chi connectivity index (χ1n) is 8.90. The fourth-order valence-electron chi connectivity index (χ4n) is 3.18. The number of ether oxygens (including phenoxy) is 1. The predicted octanol–water partition coefficient (Wildman–Crippen LogP) is 1.78. The highest BCUT2D eigenvalue weighted by atomic mass is 16.6. The van der Waals surface area contributed by atoms with E-state index in [-0.39, 0.29) is 34.2 Å². The summed E-state index contributed by atoms with van der Waals surface area (Å²) in [5.74, 6) is -0.371. The lowest BCUT2D eigenvalue weighted by Crippen LogP contribution is -2.48. The summed E-state index contributed by atoms with van der Waals surface area (Å²) in [6.45, 7) is 2.43. The number of likely N-dealkylation sites (N-methyl/N-ethyl adjacent to an activating group) is 1. The minimum atomic E-state index is -0.588. The third-order valence-corrected chi connectivity index (χ3v) is 4.77. The van der Waals surface area contributed by atoms with Crippen molar-refractivity contribution in [1.29, 1.82) is 0 Å². The van der Waals surface area contributed by atoms with E-state index in [0.717, 1.165) is 0 Å². The normalized spacial score (nSPS) is 14.9. The average molecular weight is 398 g/mol. The molecule has 4 rings (SSSR count).